The van der Waals surface area contributed by atoms with Crippen molar-refractivity contribution in [2.24, 2.45) is 0 Å². The van der Waals surface area contributed by atoms with E-state index >= 15 is 0 Å². The summed E-state index contributed by atoms with van der Waals surface area (Å²) in [6.45, 7) is 3.53. The molecule has 0 amide bonds. The van der Waals surface area contributed by atoms with Crippen LogP contribution in [0.1, 0.15) is 32.9 Å². The van der Waals surface area contributed by atoms with Crippen molar-refractivity contribution >= 4 is 5.78 Å². The second-order valence-corrected chi connectivity index (χ2v) is 4.88. The maximum atomic E-state index is 12.6. The van der Waals surface area contributed by atoms with Crippen LogP contribution in [0.4, 0.5) is 13.2 Å². The molecule has 0 aliphatic rings. The Bertz CT molecular complexity index is 677. The highest BCUT2D eigenvalue weighted by Crippen LogP contribution is 2.29. The summed E-state index contributed by atoms with van der Waals surface area (Å²) < 4.78 is 37.9. The third kappa shape index (κ3) is 3.68. The standard InChI is InChI=1S/C16H14F3NO/c1-10-6-7-14(11(2)20-10)15(21)9-12-4-3-5-13(8-12)16(17,18)19/h3-8H,9H2,1-2H3. The molecule has 1 aromatic carbocycles. The van der Waals surface area contributed by atoms with Gasteiger partial charge in [-0.15, -0.1) is 0 Å². The maximum absolute atomic E-state index is 12.6. The average Bonchev–Trinajstić information content (AvgIpc) is 2.37. The minimum absolute atomic E-state index is 0.0739. The Morgan fingerprint density at radius 3 is 2.48 bits per heavy atom. The predicted molar refractivity (Wildman–Crippen MR) is 73.2 cm³/mol. The Balaban J connectivity index is 2.24. The lowest BCUT2D eigenvalue weighted by molar-refractivity contribution is -0.137. The number of carbonyl (C=O) groups is 1. The second-order valence-electron chi connectivity index (χ2n) is 4.88. The fourth-order valence-electron chi connectivity index (χ4n) is 2.12. The molecule has 0 aliphatic carbocycles. The van der Waals surface area contributed by atoms with Crippen LogP contribution >= 0.6 is 0 Å². The molecule has 1 aromatic heterocycles. The van der Waals surface area contributed by atoms with Gasteiger partial charge in [0.05, 0.1) is 5.56 Å². The minimum Gasteiger partial charge on any atom is -0.294 e. The maximum Gasteiger partial charge on any atom is 0.416 e. The molecule has 1 heterocycles. The predicted octanol–water partition coefficient (Wildman–Crippen LogP) is 4.14. The van der Waals surface area contributed by atoms with Crippen molar-refractivity contribution in [3.05, 3.63) is 64.5 Å². The number of aryl methyl sites for hydroxylation is 2. The Morgan fingerprint density at radius 1 is 1.14 bits per heavy atom. The molecule has 0 saturated carbocycles. The molecule has 0 saturated heterocycles. The van der Waals surface area contributed by atoms with Gasteiger partial charge in [0.2, 0.25) is 0 Å². The Morgan fingerprint density at radius 2 is 1.86 bits per heavy atom. The van der Waals surface area contributed by atoms with Crippen LogP contribution in [0.15, 0.2) is 36.4 Å². The van der Waals surface area contributed by atoms with E-state index in [4.69, 9.17) is 0 Å². The lowest BCUT2D eigenvalue weighted by atomic mass is 10.0. The first-order chi connectivity index (χ1) is 9.77. The fourth-order valence-corrected chi connectivity index (χ4v) is 2.12. The van der Waals surface area contributed by atoms with E-state index < -0.39 is 11.7 Å². The van der Waals surface area contributed by atoms with Crippen LogP contribution in [0.25, 0.3) is 0 Å². The number of hydrogen-bond acceptors (Lipinski definition) is 2. The van der Waals surface area contributed by atoms with E-state index in [-0.39, 0.29) is 12.2 Å². The summed E-state index contributed by atoms with van der Waals surface area (Å²) in [6.07, 6.45) is -4.48. The number of ketones is 1. The fraction of sp³-hybridized carbons (Fsp3) is 0.250. The summed E-state index contributed by atoms with van der Waals surface area (Å²) >= 11 is 0. The van der Waals surface area contributed by atoms with Crippen molar-refractivity contribution in [1.82, 2.24) is 4.98 Å². The second kappa shape index (κ2) is 5.68. The van der Waals surface area contributed by atoms with Gasteiger partial charge in [-0.1, -0.05) is 18.2 Å². The number of benzene rings is 1. The molecule has 21 heavy (non-hydrogen) atoms. The van der Waals surface area contributed by atoms with Gasteiger partial charge in [-0.05, 0) is 37.6 Å². The van der Waals surface area contributed by atoms with Gasteiger partial charge in [0, 0.05) is 23.4 Å². The van der Waals surface area contributed by atoms with Crippen molar-refractivity contribution in [2.45, 2.75) is 26.4 Å². The van der Waals surface area contributed by atoms with E-state index in [1.165, 1.54) is 12.1 Å². The normalized spacial score (nSPS) is 11.5. The number of rotatable bonds is 3. The monoisotopic (exact) mass is 293 g/mol. The lowest BCUT2D eigenvalue weighted by Crippen LogP contribution is -2.09. The first kappa shape index (κ1) is 15.2. The zero-order valence-electron chi connectivity index (χ0n) is 11.7. The van der Waals surface area contributed by atoms with Crippen LogP contribution < -0.4 is 0 Å². The van der Waals surface area contributed by atoms with Crippen LogP contribution in [0.2, 0.25) is 0 Å². The van der Waals surface area contributed by atoms with Crippen LogP contribution in [-0.4, -0.2) is 10.8 Å². The van der Waals surface area contributed by atoms with E-state index in [2.05, 4.69) is 4.98 Å². The van der Waals surface area contributed by atoms with Crippen molar-refractivity contribution in [3.63, 3.8) is 0 Å². The number of aromatic nitrogens is 1. The quantitative estimate of drug-likeness (QED) is 0.796. The van der Waals surface area contributed by atoms with Crippen LogP contribution in [-0.2, 0) is 12.6 Å². The molecule has 0 bridgehead atoms. The van der Waals surface area contributed by atoms with Gasteiger partial charge in [0.1, 0.15) is 0 Å². The van der Waals surface area contributed by atoms with Crippen LogP contribution in [0.5, 0.6) is 0 Å². The molecular weight excluding hydrogens is 279 g/mol. The van der Waals surface area contributed by atoms with Gasteiger partial charge in [0.25, 0.3) is 0 Å². The average molecular weight is 293 g/mol. The van der Waals surface area contributed by atoms with Gasteiger partial charge in [-0.2, -0.15) is 13.2 Å². The molecule has 110 valence electrons. The highest BCUT2D eigenvalue weighted by Gasteiger charge is 2.30. The van der Waals surface area contributed by atoms with Gasteiger partial charge in [-0.3, -0.25) is 9.78 Å². The van der Waals surface area contributed by atoms with Crippen LogP contribution in [0.3, 0.4) is 0 Å². The van der Waals surface area contributed by atoms with Gasteiger partial charge in [0.15, 0.2) is 5.78 Å². The molecule has 0 aliphatic heterocycles. The Labute approximate surface area is 120 Å². The molecule has 0 radical (unpaired) electrons. The number of pyridine rings is 1. The molecule has 0 atom stereocenters. The van der Waals surface area contributed by atoms with Gasteiger partial charge >= 0.3 is 6.18 Å². The Hall–Kier alpha value is -2.17. The summed E-state index contributed by atoms with van der Waals surface area (Å²) in [6, 6.07) is 8.21. The third-order valence-corrected chi connectivity index (χ3v) is 3.14. The summed E-state index contributed by atoms with van der Waals surface area (Å²) in [7, 11) is 0. The van der Waals surface area contributed by atoms with E-state index in [1.807, 2.05) is 6.92 Å². The molecular formula is C16H14F3NO. The molecule has 2 nitrogen and oxygen atoms in total. The molecule has 0 fully saturated rings. The van der Waals surface area contributed by atoms with E-state index in [1.54, 1.807) is 19.1 Å². The minimum atomic E-state index is -4.40. The SMILES string of the molecule is Cc1ccc(C(=O)Cc2cccc(C(F)(F)F)c2)c(C)n1. The Kier molecular flexibility index (Phi) is 4.11. The molecule has 2 aromatic rings. The van der Waals surface area contributed by atoms with E-state index in [0.717, 1.165) is 17.8 Å². The summed E-state index contributed by atoms with van der Waals surface area (Å²) in [5.74, 6) is -0.237. The molecule has 2 rings (SSSR count). The number of nitrogens with zero attached hydrogens (tertiary/aromatic N) is 1. The first-order valence-corrected chi connectivity index (χ1v) is 6.41. The highest BCUT2D eigenvalue weighted by atomic mass is 19.4. The van der Waals surface area contributed by atoms with Gasteiger partial charge < -0.3 is 0 Å². The third-order valence-electron chi connectivity index (χ3n) is 3.14. The van der Waals surface area contributed by atoms with Crippen molar-refractivity contribution in [2.75, 3.05) is 0 Å². The molecule has 0 N–H and O–H groups in total. The van der Waals surface area contributed by atoms with Crippen molar-refractivity contribution in [3.8, 4) is 0 Å². The van der Waals surface area contributed by atoms with E-state index in [9.17, 15) is 18.0 Å². The van der Waals surface area contributed by atoms with Crippen molar-refractivity contribution < 1.29 is 18.0 Å². The summed E-state index contributed by atoms with van der Waals surface area (Å²) in [5, 5.41) is 0. The first-order valence-electron chi connectivity index (χ1n) is 6.41. The molecule has 0 unspecified atom stereocenters. The number of alkyl halides is 3. The lowest BCUT2D eigenvalue weighted by Gasteiger charge is -2.09. The molecule has 0 spiro atoms. The van der Waals surface area contributed by atoms with Gasteiger partial charge in [-0.25, -0.2) is 0 Å². The number of carbonyl (C=O) groups excluding carboxylic acids is 1. The summed E-state index contributed by atoms with van der Waals surface area (Å²) in [4.78, 5) is 16.4. The number of halogens is 3. The van der Waals surface area contributed by atoms with Crippen molar-refractivity contribution in [1.29, 1.82) is 0 Å². The van der Waals surface area contributed by atoms with Crippen LogP contribution in [0, 0.1) is 13.8 Å². The number of Topliss-reactive ketones (excluding diaryl/α,β-unsaturated/α-hetero) is 1. The largest absolute Gasteiger partial charge is 0.416 e. The molecule has 5 heteroatoms. The van der Waals surface area contributed by atoms with E-state index in [0.29, 0.717) is 16.8 Å². The highest BCUT2D eigenvalue weighted by molar-refractivity contribution is 5.98. The zero-order valence-corrected chi connectivity index (χ0v) is 11.7. The zero-order chi connectivity index (χ0) is 15.6. The topological polar surface area (TPSA) is 30.0 Å². The smallest absolute Gasteiger partial charge is 0.294 e. The summed E-state index contributed by atoms with van der Waals surface area (Å²) in [5.41, 5.74) is 1.43. The number of hydrogen-bond donors (Lipinski definition) is 0.